The first kappa shape index (κ1) is 19.4. The fourth-order valence-corrected chi connectivity index (χ4v) is 2.89. The number of benzene rings is 2. The maximum Gasteiger partial charge on any atom is 0.328 e. The van der Waals surface area contributed by atoms with Crippen molar-refractivity contribution in [2.45, 2.75) is 6.54 Å². The van der Waals surface area contributed by atoms with Crippen LogP contribution in [0.4, 0.5) is 5.69 Å². The number of aromatic nitrogens is 2. The summed E-state index contributed by atoms with van der Waals surface area (Å²) >= 11 is 12.0. The number of hydrogen-bond donors (Lipinski definition) is 2. The van der Waals surface area contributed by atoms with Crippen LogP contribution in [0.3, 0.4) is 0 Å². The van der Waals surface area contributed by atoms with E-state index in [1.165, 1.54) is 18.2 Å². The lowest BCUT2D eigenvalue weighted by Crippen LogP contribution is -2.39. The van der Waals surface area contributed by atoms with Crippen LogP contribution < -0.4 is 16.6 Å². The Bertz CT molecular complexity index is 1220. The van der Waals surface area contributed by atoms with Crippen LogP contribution in [0.1, 0.15) is 21.5 Å². The average molecular weight is 415 g/mol. The lowest BCUT2D eigenvalue weighted by atomic mass is 10.2. The highest BCUT2D eigenvalue weighted by Crippen LogP contribution is 2.20. The molecule has 0 aliphatic rings. The zero-order valence-corrected chi connectivity index (χ0v) is 15.7. The number of carbonyl (C=O) groups is 1. The molecule has 0 spiro atoms. The van der Waals surface area contributed by atoms with Crippen LogP contribution in [0.15, 0.2) is 58.3 Å². The van der Waals surface area contributed by atoms with Gasteiger partial charge in [-0.2, -0.15) is 5.26 Å². The normalized spacial score (nSPS) is 10.3. The number of halogens is 2. The van der Waals surface area contributed by atoms with Gasteiger partial charge in [-0.15, -0.1) is 0 Å². The van der Waals surface area contributed by atoms with E-state index in [0.29, 0.717) is 15.6 Å². The molecule has 1 aromatic heterocycles. The highest BCUT2D eigenvalue weighted by Gasteiger charge is 2.17. The predicted molar refractivity (Wildman–Crippen MR) is 106 cm³/mol. The molecule has 140 valence electrons. The Morgan fingerprint density at radius 3 is 2.64 bits per heavy atom. The molecule has 9 heteroatoms. The Morgan fingerprint density at radius 2 is 1.93 bits per heavy atom. The fraction of sp³-hybridized carbons (Fsp3) is 0.0526. The molecule has 0 bridgehead atoms. The SMILES string of the molecule is N#Cc1ccc(Cl)cc1NC(=O)c1c[nH]c(=O)n(Cc2ccccc2Cl)c1=O. The number of hydrogen-bond acceptors (Lipinski definition) is 4. The molecule has 0 saturated heterocycles. The van der Waals surface area contributed by atoms with Crippen LogP contribution in [0, 0.1) is 11.3 Å². The zero-order valence-electron chi connectivity index (χ0n) is 14.2. The molecule has 0 fully saturated rings. The summed E-state index contributed by atoms with van der Waals surface area (Å²) in [5, 5.41) is 12.3. The predicted octanol–water partition coefficient (Wildman–Crippen LogP) is 3.02. The zero-order chi connectivity index (χ0) is 20.3. The average Bonchev–Trinajstić information content (AvgIpc) is 2.66. The van der Waals surface area contributed by atoms with Crippen molar-refractivity contribution >= 4 is 34.8 Å². The van der Waals surface area contributed by atoms with Crippen molar-refractivity contribution in [2.24, 2.45) is 0 Å². The Morgan fingerprint density at radius 1 is 1.18 bits per heavy atom. The number of rotatable bonds is 4. The van der Waals surface area contributed by atoms with Crippen LogP contribution in [-0.4, -0.2) is 15.5 Å². The number of H-pyrrole nitrogens is 1. The summed E-state index contributed by atoms with van der Waals surface area (Å²) < 4.78 is 0.874. The number of aromatic amines is 1. The van der Waals surface area contributed by atoms with Crippen molar-refractivity contribution in [3.05, 3.63) is 96.2 Å². The van der Waals surface area contributed by atoms with E-state index in [2.05, 4.69) is 10.3 Å². The second-order valence-corrected chi connectivity index (χ2v) is 6.59. The highest BCUT2D eigenvalue weighted by molar-refractivity contribution is 6.31. The van der Waals surface area contributed by atoms with E-state index in [0.717, 1.165) is 10.8 Å². The van der Waals surface area contributed by atoms with Gasteiger partial charge in [0.1, 0.15) is 11.6 Å². The third-order valence-electron chi connectivity index (χ3n) is 3.94. The minimum Gasteiger partial charge on any atom is -0.320 e. The van der Waals surface area contributed by atoms with Crippen molar-refractivity contribution in [3.63, 3.8) is 0 Å². The maximum absolute atomic E-state index is 12.7. The van der Waals surface area contributed by atoms with E-state index in [1.807, 2.05) is 6.07 Å². The Balaban J connectivity index is 1.98. The standard InChI is InChI=1S/C19H12Cl2N4O3/c20-13-6-5-11(8-22)16(7-13)24-17(26)14-9-23-19(28)25(18(14)27)10-12-3-1-2-4-15(12)21/h1-7,9H,10H2,(H,23,28)(H,24,26). The summed E-state index contributed by atoms with van der Waals surface area (Å²) in [5.74, 6) is -0.784. The molecule has 0 aliphatic heterocycles. The molecule has 28 heavy (non-hydrogen) atoms. The molecule has 0 atom stereocenters. The Labute approximate surface area is 168 Å². The topological polar surface area (TPSA) is 108 Å². The van der Waals surface area contributed by atoms with E-state index in [4.69, 9.17) is 28.5 Å². The van der Waals surface area contributed by atoms with Crippen LogP contribution in [-0.2, 0) is 6.54 Å². The van der Waals surface area contributed by atoms with Crippen LogP contribution in [0.25, 0.3) is 0 Å². The van der Waals surface area contributed by atoms with Gasteiger partial charge in [-0.1, -0.05) is 41.4 Å². The molecule has 1 amide bonds. The number of nitriles is 1. The second-order valence-electron chi connectivity index (χ2n) is 5.75. The van der Waals surface area contributed by atoms with Crippen molar-refractivity contribution in [2.75, 3.05) is 5.32 Å². The largest absolute Gasteiger partial charge is 0.328 e. The number of nitrogens with zero attached hydrogens (tertiary/aromatic N) is 2. The quantitative estimate of drug-likeness (QED) is 0.683. The third kappa shape index (κ3) is 3.98. The molecular weight excluding hydrogens is 403 g/mol. The molecule has 0 radical (unpaired) electrons. The lowest BCUT2D eigenvalue weighted by molar-refractivity contribution is 0.102. The highest BCUT2D eigenvalue weighted by atomic mass is 35.5. The summed E-state index contributed by atoms with van der Waals surface area (Å²) in [6.45, 7) is -0.102. The van der Waals surface area contributed by atoms with E-state index < -0.39 is 17.2 Å². The number of anilines is 1. The maximum atomic E-state index is 12.7. The molecule has 2 aromatic carbocycles. The van der Waals surface area contributed by atoms with Gasteiger partial charge >= 0.3 is 5.69 Å². The second kappa shape index (κ2) is 8.13. The fourth-order valence-electron chi connectivity index (χ4n) is 2.52. The Kier molecular flexibility index (Phi) is 5.64. The van der Waals surface area contributed by atoms with Gasteiger partial charge in [-0.05, 0) is 29.8 Å². The van der Waals surface area contributed by atoms with Crippen molar-refractivity contribution in [1.82, 2.24) is 9.55 Å². The molecule has 2 N–H and O–H groups in total. The van der Waals surface area contributed by atoms with Gasteiger partial charge in [0.05, 0.1) is 17.8 Å². The summed E-state index contributed by atoms with van der Waals surface area (Å²) in [5.41, 5.74) is -0.878. The van der Waals surface area contributed by atoms with Crippen LogP contribution >= 0.6 is 23.2 Å². The molecule has 3 aromatic rings. The van der Waals surface area contributed by atoms with E-state index in [9.17, 15) is 14.4 Å². The van der Waals surface area contributed by atoms with Crippen molar-refractivity contribution in [3.8, 4) is 6.07 Å². The molecule has 0 saturated carbocycles. The molecular formula is C19H12Cl2N4O3. The van der Waals surface area contributed by atoms with Gasteiger partial charge in [-0.25, -0.2) is 4.79 Å². The van der Waals surface area contributed by atoms with Crippen molar-refractivity contribution in [1.29, 1.82) is 5.26 Å². The summed E-state index contributed by atoms with van der Waals surface area (Å²) in [4.78, 5) is 39.8. The third-order valence-corrected chi connectivity index (χ3v) is 4.55. The van der Waals surface area contributed by atoms with E-state index in [-0.39, 0.29) is 23.4 Å². The molecule has 7 nitrogen and oxygen atoms in total. The summed E-state index contributed by atoms with van der Waals surface area (Å²) in [6.07, 6.45) is 1.03. The van der Waals surface area contributed by atoms with Gasteiger partial charge in [0.2, 0.25) is 0 Å². The van der Waals surface area contributed by atoms with Gasteiger partial charge in [-0.3, -0.25) is 14.2 Å². The number of amides is 1. The number of carbonyl (C=O) groups excluding carboxylic acids is 1. The first-order chi connectivity index (χ1) is 13.4. The van der Waals surface area contributed by atoms with Crippen LogP contribution in [0.2, 0.25) is 10.0 Å². The van der Waals surface area contributed by atoms with Gasteiger partial charge in [0.15, 0.2) is 0 Å². The minimum atomic E-state index is -0.790. The molecule has 1 heterocycles. The van der Waals surface area contributed by atoms with Crippen LogP contribution in [0.5, 0.6) is 0 Å². The molecule has 3 rings (SSSR count). The first-order valence-electron chi connectivity index (χ1n) is 7.97. The first-order valence-corrected chi connectivity index (χ1v) is 8.73. The molecule has 0 aliphatic carbocycles. The Hall–Kier alpha value is -3.34. The smallest absolute Gasteiger partial charge is 0.320 e. The van der Waals surface area contributed by atoms with Gasteiger partial charge in [0.25, 0.3) is 11.5 Å². The van der Waals surface area contributed by atoms with Gasteiger partial charge in [0, 0.05) is 16.2 Å². The van der Waals surface area contributed by atoms with Gasteiger partial charge < -0.3 is 10.3 Å². The summed E-state index contributed by atoms with van der Waals surface area (Å²) in [6, 6.07) is 13.0. The van der Waals surface area contributed by atoms with Crippen molar-refractivity contribution < 1.29 is 4.79 Å². The van der Waals surface area contributed by atoms with E-state index in [1.54, 1.807) is 24.3 Å². The lowest BCUT2D eigenvalue weighted by Gasteiger charge is -2.10. The molecule has 0 unspecified atom stereocenters. The summed E-state index contributed by atoms with van der Waals surface area (Å²) in [7, 11) is 0. The van der Waals surface area contributed by atoms with E-state index >= 15 is 0 Å². The minimum absolute atomic E-state index is 0.102. The number of nitrogens with one attached hydrogen (secondary N) is 2. The monoisotopic (exact) mass is 414 g/mol.